The van der Waals surface area contributed by atoms with Crippen molar-refractivity contribution in [2.75, 3.05) is 7.11 Å². The molecule has 2 aromatic carbocycles. The Kier molecular flexibility index (Phi) is 8.61. The molecule has 0 aliphatic rings. The van der Waals surface area contributed by atoms with Gasteiger partial charge in [-0.05, 0) is 35.9 Å². The molecule has 10 heteroatoms. The third-order valence-electron chi connectivity index (χ3n) is 6.47. The molecule has 0 bridgehead atoms. The van der Waals surface area contributed by atoms with E-state index >= 15 is 0 Å². The number of ether oxygens (including phenoxy) is 1. The summed E-state index contributed by atoms with van der Waals surface area (Å²) >= 11 is 6.16. The molecule has 1 unspecified atom stereocenters. The van der Waals surface area contributed by atoms with Crippen LogP contribution in [0.4, 0.5) is 4.39 Å². The Balaban J connectivity index is 1.77. The average molecular weight is 562 g/mol. The summed E-state index contributed by atoms with van der Waals surface area (Å²) in [5.41, 5.74) is 1.26. The summed E-state index contributed by atoms with van der Waals surface area (Å²) in [6.07, 6.45) is 2.78. The Morgan fingerprint density at radius 2 is 1.98 bits per heavy atom. The van der Waals surface area contributed by atoms with Crippen molar-refractivity contribution in [3.63, 3.8) is 0 Å². The highest BCUT2D eigenvalue weighted by molar-refractivity contribution is 6.31. The first-order chi connectivity index (χ1) is 19.1. The Bertz CT molecular complexity index is 1700. The highest BCUT2D eigenvalue weighted by Crippen LogP contribution is 2.33. The molecule has 1 atom stereocenters. The van der Waals surface area contributed by atoms with Crippen molar-refractivity contribution in [1.29, 1.82) is 5.26 Å². The number of hydrogen-bond donors (Lipinski definition) is 0. The molecule has 0 radical (unpaired) electrons. The fourth-order valence-corrected chi connectivity index (χ4v) is 4.63. The van der Waals surface area contributed by atoms with Crippen LogP contribution in [-0.2, 0) is 17.6 Å². The van der Waals surface area contributed by atoms with Gasteiger partial charge in [0.05, 0.1) is 36.2 Å². The van der Waals surface area contributed by atoms with E-state index in [9.17, 15) is 24.0 Å². The summed E-state index contributed by atoms with van der Waals surface area (Å²) in [7, 11) is 1.41. The zero-order valence-corrected chi connectivity index (χ0v) is 22.8. The molecule has 2 aromatic heterocycles. The van der Waals surface area contributed by atoms with Crippen molar-refractivity contribution in [3.8, 4) is 22.9 Å². The largest absolute Gasteiger partial charge is 0.495 e. The van der Waals surface area contributed by atoms with Gasteiger partial charge in [-0.1, -0.05) is 24.6 Å². The van der Waals surface area contributed by atoms with Crippen LogP contribution in [0.2, 0.25) is 5.02 Å². The number of nitrogens with zero attached hydrogens (tertiary/aromatic N) is 3. The van der Waals surface area contributed by atoms with Crippen LogP contribution in [0.1, 0.15) is 52.5 Å². The maximum absolute atomic E-state index is 14.6. The third kappa shape index (κ3) is 6.03. The number of aromatic nitrogens is 2. The van der Waals surface area contributed by atoms with Crippen molar-refractivity contribution in [1.82, 2.24) is 9.55 Å². The minimum Gasteiger partial charge on any atom is -0.495 e. The van der Waals surface area contributed by atoms with Crippen molar-refractivity contribution in [3.05, 3.63) is 104 Å². The Labute approximate surface area is 234 Å². The van der Waals surface area contributed by atoms with Gasteiger partial charge in [0.1, 0.15) is 23.9 Å². The van der Waals surface area contributed by atoms with E-state index in [4.69, 9.17) is 20.8 Å². The fraction of sp³-hybridized carbons (Fsp3) is 0.233. The second-order valence-corrected chi connectivity index (χ2v) is 9.55. The Morgan fingerprint density at radius 1 is 1.20 bits per heavy atom. The van der Waals surface area contributed by atoms with Gasteiger partial charge in [-0.3, -0.25) is 14.4 Å². The van der Waals surface area contributed by atoms with Crippen LogP contribution in [0.15, 0.2) is 64.1 Å². The highest BCUT2D eigenvalue weighted by atomic mass is 35.5. The van der Waals surface area contributed by atoms with E-state index in [1.165, 1.54) is 42.3 Å². The van der Waals surface area contributed by atoms with E-state index < -0.39 is 23.2 Å². The van der Waals surface area contributed by atoms with E-state index in [0.29, 0.717) is 33.3 Å². The van der Waals surface area contributed by atoms with E-state index in [0.717, 1.165) is 6.07 Å². The fourth-order valence-electron chi connectivity index (χ4n) is 4.45. The Morgan fingerprint density at radius 3 is 2.60 bits per heavy atom. The van der Waals surface area contributed by atoms with Crippen LogP contribution in [0.25, 0.3) is 11.1 Å². The van der Waals surface area contributed by atoms with Crippen molar-refractivity contribution in [2.24, 2.45) is 0 Å². The van der Waals surface area contributed by atoms with E-state index in [-0.39, 0.29) is 41.9 Å². The molecule has 4 rings (SSSR count). The van der Waals surface area contributed by atoms with Crippen LogP contribution in [0.3, 0.4) is 0 Å². The van der Waals surface area contributed by atoms with E-state index in [2.05, 4.69) is 11.1 Å². The molecule has 0 fully saturated rings. The Hall–Kier alpha value is -4.55. The van der Waals surface area contributed by atoms with Gasteiger partial charge in [-0.15, -0.1) is 0 Å². The summed E-state index contributed by atoms with van der Waals surface area (Å²) in [6, 6.07) is 11.0. The molecule has 0 amide bonds. The maximum atomic E-state index is 14.6. The molecule has 0 N–H and O–H groups in total. The van der Waals surface area contributed by atoms with Crippen molar-refractivity contribution < 1.29 is 23.1 Å². The zero-order chi connectivity index (χ0) is 29.0. The van der Waals surface area contributed by atoms with Gasteiger partial charge in [-0.25, -0.2) is 9.37 Å². The first-order valence-corrected chi connectivity index (χ1v) is 12.8. The van der Waals surface area contributed by atoms with E-state index in [1.807, 2.05) is 0 Å². The van der Waals surface area contributed by atoms with Gasteiger partial charge >= 0.3 is 0 Å². The summed E-state index contributed by atoms with van der Waals surface area (Å²) in [6.45, 7) is 3.30. The molecular weight excluding hydrogens is 537 g/mol. The molecule has 40 heavy (non-hydrogen) atoms. The van der Waals surface area contributed by atoms with Crippen LogP contribution in [0, 0.1) is 24.1 Å². The number of halogens is 2. The topological polar surface area (TPSA) is 115 Å². The predicted molar refractivity (Wildman–Crippen MR) is 146 cm³/mol. The van der Waals surface area contributed by atoms with E-state index in [1.54, 1.807) is 32.0 Å². The smallest absolute Gasteiger partial charge is 0.252 e. The molecule has 204 valence electrons. The summed E-state index contributed by atoms with van der Waals surface area (Å²) in [4.78, 5) is 43.3. The number of aryl methyl sites for hydroxylation is 1. The molecule has 8 nitrogen and oxygen atoms in total. The number of pyridine rings is 1. The number of Topliss-reactive ketones (excluding diaryl/α,β-unsaturated/α-hetero) is 2. The monoisotopic (exact) mass is 561 g/mol. The van der Waals surface area contributed by atoms with Gasteiger partial charge in [-0.2, -0.15) is 5.26 Å². The molecule has 2 heterocycles. The standard InChI is InChI=1S/C30H25ClFN3O5/c1-4-27(36)22-8-5-18(9-25(22)32)10-28(37)26(12-21-16-40-17(2)34-21)35-15-29(39-3)24(13-30(35)38)23-11-20(31)7-6-19(23)14-33/h5-9,11,13,15-16,26H,4,10,12H2,1-3H3. The summed E-state index contributed by atoms with van der Waals surface area (Å²) in [5.74, 6) is -0.816. The lowest BCUT2D eigenvalue weighted by Crippen LogP contribution is -2.32. The second kappa shape index (κ2) is 12.1. The normalized spacial score (nSPS) is 11.6. The van der Waals surface area contributed by atoms with Crippen LogP contribution >= 0.6 is 11.6 Å². The number of oxazole rings is 1. The maximum Gasteiger partial charge on any atom is 0.252 e. The van der Waals surface area contributed by atoms with Gasteiger partial charge in [0.2, 0.25) is 0 Å². The number of ketones is 2. The van der Waals surface area contributed by atoms with Gasteiger partial charge in [0.15, 0.2) is 17.5 Å². The quantitative estimate of drug-likeness (QED) is 0.229. The molecule has 0 aliphatic heterocycles. The number of hydrogen-bond acceptors (Lipinski definition) is 7. The number of carbonyl (C=O) groups is 2. The number of carbonyl (C=O) groups excluding carboxylic acids is 2. The SMILES string of the molecule is CCC(=O)c1ccc(CC(=O)C(Cc2coc(C)n2)n2cc(OC)c(-c3cc(Cl)ccc3C#N)cc2=O)cc1F. The number of methoxy groups -OCH3 is 1. The highest BCUT2D eigenvalue weighted by Gasteiger charge is 2.26. The van der Waals surface area contributed by atoms with Gasteiger partial charge in [0, 0.05) is 48.4 Å². The summed E-state index contributed by atoms with van der Waals surface area (Å²) in [5, 5.41) is 9.95. The van der Waals surface area contributed by atoms with Crippen molar-refractivity contribution in [2.45, 2.75) is 39.2 Å². The van der Waals surface area contributed by atoms with Crippen molar-refractivity contribution >= 4 is 23.2 Å². The zero-order valence-electron chi connectivity index (χ0n) is 22.0. The minimum atomic E-state index is -1.05. The third-order valence-corrected chi connectivity index (χ3v) is 6.70. The molecule has 0 saturated heterocycles. The number of rotatable bonds is 10. The lowest BCUT2D eigenvalue weighted by atomic mass is 9.97. The predicted octanol–water partition coefficient (Wildman–Crippen LogP) is 5.67. The molecule has 4 aromatic rings. The van der Waals surface area contributed by atoms with Crippen LogP contribution in [0.5, 0.6) is 5.75 Å². The lowest BCUT2D eigenvalue weighted by Gasteiger charge is -2.20. The number of benzene rings is 2. The molecule has 0 spiro atoms. The first-order valence-electron chi connectivity index (χ1n) is 12.4. The van der Waals surface area contributed by atoms with Crippen LogP contribution in [-0.4, -0.2) is 28.2 Å². The average Bonchev–Trinajstić information content (AvgIpc) is 3.35. The van der Waals surface area contributed by atoms with Gasteiger partial charge < -0.3 is 13.7 Å². The molecule has 0 aliphatic carbocycles. The lowest BCUT2D eigenvalue weighted by molar-refractivity contribution is -0.121. The van der Waals surface area contributed by atoms with Gasteiger partial charge in [0.25, 0.3) is 5.56 Å². The molecular formula is C30H25ClFN3O5. The second-order valence-electron chi connectivity index (χ2n) is 9.11. The minimum absolute atomic E-state index is 0.0219. The molecule has 0 saturated carbocycles. The summed E-state index contributed by atoms with van der Waals surface area (Å²) < 4.78 is 26.7. The first kappa shape index (κ1) is 28.5. The number of nitriles is 1. The van der Waals surface area contributed by atoms with Crippen LogP contribution < -0.4 is 10.3 Å².